The van der Waals surface area contributed by atoms with E-state index in [1.165, 1.54) is 40.7 Å². The monoisotopic (exact) mass is 499 g/mol. The molecule has 0 aromatic heterocycles. The first-order valence-corrected chi connectivity index (χ1v) is 13.7. The number of sulfonamides is 2. The number of hydrogen-bond acceptors (Lipinski definition) is 5. The Morgan fingerprint density at radius 2 is 1.41 bits per heavy atom. The third-order valence-corrected chi connectivity index (χ3v) is 8.90. The van der Waals surface area contributed by atoms with Crippen molar-refractivity contribution in [2.24, 2.45) is 0 Å². The third kappa shape index (κ3) is 5.14. The topological polar surface area (TPSA) is 113 Å². The van der Waals surface area contributed by atoms with Crippen LogP contribution in [0.4, 0.5) is 11.4 Å². The number of nitrogens with one attached hydrogen (secondary N) is 2. The number of nitrogens with zero attached hydrogens (tertiary/aromatic N) is 1. The van der Waals surface area contributed by atoms with Crippen LogP contribution >= 0.6 is 0 Å². The number of carbonyl (C=O) groups is 1. The summed E-state index contributed by atoms with van der Waals surface area (Å²) in [6, 6.07) is 18.8. The standard InChI is InChI=1S/C24H25N3O5S2/c1-18-9-12-22(34(31,32)27-15-5-6-16-27)17-23(18)24(28)25-19-10-13-21(14-11-19)33(29,30)26-20-7-3-2-4-8-20/h2-4,7-14,17,26H,5-6,15-16H2,1H3,(H,25,28). The summed E-state index contributed by atoms with van der Waals surface area (Å²) in [4.78, 5) is 13.0. The number of para-hydroxylation sites is 1. The van der Waals surface area contributed by atoms with E-state index >= 15 is 0 Å². The smallest absolute Gasteiger partial charge is 0.261 e. The molecule has 1 aliphatic rings. The summed E-state index contributed by atoms with van der Waals surface area (Å²) in [7, 11) is -7.43. The van der Waals surface area contributed by atoms with Gasteiger partial charge >= 0.3 is 0 Å². The van der Waals surface area contributed by atoms with Gasteiger partial charge in [0.2, 0.25) is 10.0 Å². The van der Waals surface area contributed by atoms with Gasteiger partial charge in [0.15, 0.2) is 0 Å². The minimum atomic E-state index is -3.78. The van der Waals surface area contributed by atoms with Crippen LogP contribution in [0.1, 0.15) is 28.8 Å². The number of hydrogen-bond donors (Lipinski definition) is 2. The Hall–Kier alpha value is -3.21. The minimum Gasteiger partial charge on any atom is -0.322 e. The van der Waals surface area contributed by atoms with Crippen molar-refractivity contribution < 1.29 is 21.6 Å². The lowest BCUT2D eigenvalue weighted by atomic mass is 10.1. The summed E-state index contributed by atoms with van der Waals surface area (Å²) in [6.07, 6.45) is 1.65. The molecule has 2 N–H and O–H groups in total. The van der Waals surface area contributed by atoms with Crippen molar-refractivity contribution in [1.82, 2.24) is 4.31 Å². The van der Waals surface area contributed by atoms with Gasteiger partial charge in [-0.1, -0.05) is 24.3 Å². The van der Waals surface area contributed by atoms with E-state index in [4.69, 9.17) is 0 Å². The molecule has 34 heavy (non-hydrogen) atoms. The highest BCUT2D eigenvalue weighted by Crippen LogP contribution is 2.24. The van der Waals surface area contributed by atoms with Gasteiger partial charge in [0.25, 0.3) is 15.9 Å². The van der Waals surface area contributed by atoms with Crippen LogP contribution in [-0.2, 0) is 20.0 Å². The molecule has 10 heteroatoms. The lowest BCUT2D eigenvalue weighted by molar-refractivity contribution is 0.102. The molecule has 0 aliphatic carbocycles. The zero-order valence-electron chi connectivity index (χ0n) is 18.6. The second kappa shape index (κ2) is 9.57. The van der Waals surface area contributed by atoms with Gasteiger partial charge in [-0.2, -0.15) is 4.31 Å². The summed E-state index contributed by atoms with van der Waals surface area (Å²) in [5, 5.41) is 2.71. The van der Waals surface area contributed by atoms with Gasteiger partial charge < -0.3 is 5.32 Å². The average Bonchev–Trinajstić information content (AvgIpc) is 3.36. The maximum atomic E-state index is 12.9. The summed E-state index contributed by atoms with van der Waals surface area (Å²) in [5.41, 5.74) is 1.70. The molecule has 0 bridgehead atoms. The lowest BCUT2D eigenvalue weighted by Crippen LogP contribution is -2.28. The Labute approximate surface area is 199 Å². The Morgan fingerprint density at radius 1 is 0.794 bits per heavy atom. The molecule has 3 aromatic rings. The fourth-order valence-electron chi connectivity index (χ4n) is 3.72. The van der Waals surface area contributed by atoms with Gasteiger partial charge in [-0.05, 0) is 73.9 Å². The summed E-state index contributed by atoms with van der Waals surface area (Å²) in [5.74, 6) is -0.478. The molecule has 1 amide bonds. The summed E-state index contributed by atoms with van der Waals surface area (Å²) in [6.45, 7) is 2.68. The Morgan fingerprint density at radius 3 is 2.06 bits per heavy atom. The Balaban J connectivity index is 1.51. The quantitative estimate of drug-likeness (QED) is 0.513. The van der Waals surface area contributed by atoms with Crippen molar-refractivity contribution in [2.45, 2.75) is 29.6 Å². The van der Waals surface area contributed by atoms with Crippen LogP contribution in [-0.4, -0.2) is 40.1 Å². The van der Waals surface area contributed by atoms with E-state index in [0.717, 1.165) is 12.8 Å². The van der Waals surface area contributed by atoms with Crippen LogP contribution in [0.25, 0.3) is 0 Å². The van der Waals surface area contributed by atoms with E-state index in [9.17, 15) is 21.6 Å². The van der Waals surface area contributed by atoms with Gasteiger partial charge in [-0.15, -0.1) is 0 Å². The normalized spacial score (nSPS) is 14.6. The Kier molecular flexibility index (Phi) is 6.74. The van der Waals surface area contributed by atoms with Crippen LogP contribution < -0.4 is 10.0 Å². The van der Waals surface area contributed by atoms with Crippen molar-refractivity contribution in [3.63, 3.8) is 0 Å². The van der Waals surface area contributed by atoms with Gasteiger partial charge in [0, 0.05) is 30.0 Å². The fraction of sp³-hybridized carbons (Fsp3) is 0.208. The molecule has 178 valence electrons. The molecule has 1 fully saturated rings. The van der Waals surface area contributed by atoms with Crippen molar-refractivity contribution in [1.29, 1.82) is 0 Å². The molecular formula is C24H25N3O5S2. The van der Waals surface area contributed by atoms with E-state index < -0.39 is 26.0 Å². The van der Waals surface area contributed by atoms with Crippen molar-refractivity contribution in [3.8, 4) is 0 Å². The number of rotatable bonds is 7. The zero-order valence-corrected chi connectivity index (χ0v) is 20.2. The van der Waals surface area contributed by atoms with E-state index in [1.54, 1.807) is 43.3 Å². The molecule has 4 rings (SSSR count). The van der Waals surface area contributed by atoms with E-state index in [0.29, 0.717) is 30.0 Å². The summed E-state index contributed by atoms with van der Waals surface area (Å²) >= 11 is 0. The molecule has 8 nitrogen and oxygen atoms in total. The highest BCUT2D eigenvalue weighted by molar-refractivity contribution is 7.92. The largest absolute Gasteiger partial charge is 0.322 e. The maximum absolute atomic E-state index is 12.9. The van der Waals surface area contributed by atoms with Crippen LogP contribution in [0.2, 0.25) is 0 Å². The SMILES string of the molecule is Cc1ccc(S(=O)(=O)N2CCCC2)cc1C(=O)Nc1ccc(S(=O)(=O)Nc2ccccc2)cc1. The van der Waals surface area contributed by atoms with E-state index in [2.05, 4.69) is 10.0 Å². The predicted molar refractivity (Wildman–Crippen MR) is 131 cm³/mol. The molecule has 1 aliphatic heterocycles. The molecule has 3 aromatic carbocycles. The molecule has 0 unspecified atom stereocenters. The third-order valence-electron chi connectivity index (χ3n) is 5.60. The molecular weight excluding hydrogens is 474 g/mol. The first-order chi connectivity index (χ1) is 16.2. The van der Waals surface area contributed by atoms with Gasteiger partial charge in [-0.3, -0.25) is 9.52 Å². The van der Waals surface area contributed by atoms with E-state index in [1.807, 2.05) is 0 Å². The zero-order chi connectivity index (χ0) is 24.3. The number of anilines is 2. The van der Waals surface area contributed by atoms with E-state index in [-0.39, 0.29) is 15.4 Å². The average molecular weight is 500 g/mol. The lowest BCUT2D eigenvalue weighted by Gasteiger charge is -2.17. The Bertz CT molecular complexity index is 1400. The van der Waals surface area contributed by atoms with Crippen LogP contribution in [0.15, 0.2) is 82.6 Å². The number of carbonyl (C=O) groups excluding carboxylic acids is 1. The number of benzene rings is 3. The maximum Gasteiger partial charge on any atom is 0.261 e. The molecule has 1 heterocycles. The number of amides is 1. The highest BCUT2D eigenvalue weighted by Gasteiger charge is 2.28. The summed E-state index contributed by atoms with van der Waals surface area (Å²) < 4.78 is 54.8. The van der Waals surface area contributed by atoms with Gasteiger partial charge in [0.1, 0.15) is 0 Å². The molecule has 0 atom stereocenters. The first kappa shape index (κ1) is 23.9. The molecule has 1 saturated heterocycles. The van der Waals surface area contributed by atoms with Crippen LogP contribution in [0.3, 0.4) is 0 Å². The van der Waals surface area contributed by atoms with Crippen molar-refractivity contribution in [2.75, 3.05) is 23.1 Å². The van der Waals surface area contributed by atoms with Crippen LogP contribution in [0, 0.1) is 6.92 Å². The predicted octanol–water partition coefficient (Wildman–Crippen LogP) is 3.83. The molecule has 0 radical (unpaired) electrons. The highest BCUT2D eigenvalue weighted by atomic mass is 32.2. The first-order valence-electron chi connectivity index (χ1n) is 10.8. The second-order valence-electron chi connectivity index (χ2n) is 8.04. The second-order valence-corrected chi connectivity index (χ2v) is 11.7. The van der Waals surface area contributed by atoms with Crippen LogP contribution in [0.5, 0.6) is 0 Å². The van der Waals surface area contributed by atoms with Gasteiger partial charge in [-0.25, -0.2) is 16.8 Å². The number of aryl methyl sites for hydroxylation is 1. The van der Waals surface area contributed by atoms with Crippen molar-refractivity contribution in [3.05, 3.63) is 83.9 Å². The van der Waals surface area contributed by atoms with Crippen molar-refractivity contribution >= 4 is 37.3 Å². The fourth-order valence-corrected chi connectivity index (χ4v) is 6.32. The molecule has 0 spiro atoms. The molecule has 0 saturated carbocycles. The van der Waals surface area contributed by atoms with Gasteiger partial charge in [0.05, 0.1) is 9.79 Å². The minimum absolute atomic E-state index is 0.0456.